The molecule has 98 valence electrons. The summed E-state index contributed by atoms with van der Waals surface area (Å²) in [6.07, 6.45) is 1.69. The van der Waals surface area contributed by atoms with Gasteiger partial charge in [-0.15, -0.1) is 0 Å². The van der Waals surface area contributed by atoms with Crippen LogP contribution in [0, 0.1) is 22.7 Å². The van der Waals surface area contributed by atoms with Crippen LogP contribution in [0.2, 0.25) is 0 Å². The van der Waals surface area contributed by atoms with Gasteiger partial charge in [-0.25, -0.2) is 0 Å². The number of nitrogens with zero attached hydrogens (tertiary/aromatic N) is 3. The summed E-state index contributed by atoms with van der Waals surface area (Å²) in [6.45, 7) is 0. The van der Waals surface area contributed by atoms with Gasteiger partial charge in [-0.05, 0) is 40.1 Å². The normalized spacial score (nSPS) is 10.9. The third-order valence-electron chi connectivity index (χ3n) is 3.22. The maximum atomic E-state index is 8.83. The number of allylic oxidation sites excluding steroid dienone is 2. The van der Waals surface area contributed by atoms with Crippen molar-refractivity contribution in [3.8, 4) is 12.1 Å². The van der Waals surface area contributed by atoms with Crippen molar-refractivity contribution in [1.82, 2.24) is 0 Å². The largest absolute Gasteiger partial charge is 0.378 e. The Morgan fingerprint density at radius 1 is 1.10 bits per heavy atom. The fourth-order valence-electron chi connectivity index (χ4n) is 2.11. The number of anilines is 1. The smallest absolute Gasteiger partial charge is 0.0915 e. The molecule has 0 aliphatic heterocycles. The molecule has 0 saturated carbocycles. The molecule has 2 rings (SSSR count). The minimum absolute atomic E-state index is 0.245. The molecular weight excluding hydrogens is 246 g/mol. The van der Waals surface area contributed by atoms with Crippen LogP contribution in [0.1, 0.15) is 12.0 Å². The van der Waals surface area contributed by atoms with Gasteiger partial charge in [0.25, 0.3) is 0 Å². The van der Waals surface area contributed by atoms with E-state index in [1.54, 1.807) is 0 Å². The lowest BCUT2D eigenvalue weighted by Crippen LogP contribution is -2.07. The van der Waals surface area contributed by atoms with Crippen LogP contribution in [0.15, 0.2) is 42.5 Å². The maximum absolute atomic E-state index is 8.83. The third-order valence-corrected chi connectivity index (χ3v) is 3.22. The van der Waals surface area contributed by atoms with E-state index < -0.39 is 0 Å². The molecule has 0 radical (unpaired) electrons. The Bertz CT molecular complexity index is 743. The first-order valence-electron chi connectivity index (χ1n) is 6.33. The summed E-state index contributed by atoms with van der Waals surface area (Å²) in [4.78, 5) is 2.06. The van der Waals surface area contributed by atoms with Crippen LogP contribution in [0.3, 0.4) is 0 Å². The summed E-state index contributed by atoms with van der Waals surface area (Å²) >= 11 is 0. The van der Waals surface area contributed by atoms with Gasteiger partial charge in [-0.1, -0.05) is 18.2 Å². The quantitative estimate of drug-likeness (QED) is 0.791. The van der Waals surface area contributed by atoms with Crippen molar-refractivity contribution in [3.63, 3.8) is 0 Å². The van der Waals surface area contributed by atoms with Gasteiger partial charge in [0, 0.05) is 25.9 Å². The van der Waals surface area contributed by atoms with E-state index in [-0.39, 0.29) is 6.42 Å². The van der Waals surface area contributed by atoms with Crippen molar-refractivity contribution in [2.24, 2.45) is 0 Å². The first-order valence-corrected chi connectivity index (χ1v) is 6.33. The van der Waals surface area contributed by atoms with Crippen molar-refractivity contribution in [3.05, 3.63) is 48.0 Å². The topological polar surface area (TPSA) is 50.8 Å². The van der Waals surface area contributed by atoms with Crippen LogP contribution in [-0.2, 0) is 0 Å². The van der Waals surface area contributed by atoms with E-state index in [4.69, 9.17) is 10.5 Å². The van der Waals surface area contributed by atoms with E-state index >= 15 is 0 Å². The van der Waals surface area contributed by atoms with Crippen LogP contribution < -0.4 is 4.90 Å². The second-order valence-electron chi connectivity index (χ2n) is 4.77. The highest BCUT2D eigenvalue weighted by atomic mass is 15.1. The number of fused-ring (bicyclic) bond motifs is 1. The minimum Gasteiger partial charge on any atom is -0.378 e. The Balaban J connectivity index is 2.50. The highest BCUT2D eigenvalue weighted by Crippen LogP contribution is 2.26. The zero-order valence-corrected chi connectivity index (χ0v) is 11.6. The first-order chi connectivity index (χ1) is 9.65. The predicted octanol–water partition coefficient (Wildman–Crippen LogP) is 3.73. The van der Waals surface area contributed by atoms with Crippen molar-refractivity contribution in [2.45, 2.75) is 6.42 Å². The molecule has 0 atom stereocenters. The summed E-state index contributed by atoms with van der Waals surface area (Å²) in [6, 6.07) is 16.4. The van der Waals surface area contributed by atoms with E-state index in [2.05, 4.69) is 29.2 Å². The monoisotopic (exact) mass is 261 g/mol. The van der Waals surface area contributed by atoms with E-state index in [9.17, 15) is 0 Å². The average Bonchev–Trinajstić information content (AvgIpc) is 2.46. The van der Waals surface area contributed by atoms with Gasteiger partial charge in [0.1, 0.15) is 0 Å². The molecule has 0 aliphatic carbocycles. The Kier molecular flexibility index (Phi) is 4.03. The lowest BCUT2D eigenvalue weighted by atomic mass is 9.99. The second kappa shape index (κ2) is 5.91. The van der Waals surface area contributed by atoms with Gasteiger partial charge in [0.15, 0.2) is 0 Å². The standard InChI is InChI=1S/C17H15N3/c1-20(2)17-6-5-15-11-14(3-4-16(15)12-17)13(7-9-18)8-10-19/h3-7,11-12H,8H2,1-2H3. The van der Waals surface area contributed by atoms with Crippen LogP contribution in [-0.4, -0.2) is 14.1 Å². The first kappa shape index (κ1) is 13.6. The summed E-state index contributed by atoms with van der Waals surface area (Å²) < 4.78 is 0. The molecule has 0 bridgehead atoms. The Morgan fingerprint density at radius 3 is 2.45 bits per heavy atom. The fourth-order valence-corrected chi connectivity index (χ4v) is 2.11. The van der Waals surface area contributed by atoms with E-state index in [1.807, 2.05) is 38.4 Å². The molecule has 0 unspecified atom stereocenters. The maximum Gasteiger partial charge on any atom is 0.0915 e. The van der Waals surface area contributed by atoms with Gasteiger partial charge >= 0.3 is 0 Å². The SMILES string of the molecule is CN(C)c1ccc2cc(C(=CC#N)CC#N)ccc2c1. The van der Waals surface area contributed by atoms with Crippen LogP contribution in [0.25, 0.3) is 16.3 Å². The lowest BCUT2D eigenvalue weighted by molar-refractivity contribution is 1.14. The molecule has 0 amide bonds. The molecule has 0 aliphatic rings. The molecular formula is C17H15N3. The van der Waals surface area contributed by atoms with Gasteiger partial charge in [-0.3, -0.25) is 0 Å². The zero-order chi connectivity index (χ0) is 14.5. The molecule has 20 heavy (non-hydrogen) atoms. The summed E-state index contributed by atoms with van der Waals surface area (Å²) in [5.41, 5.74) is 2.84. The summed E-state index contributed by atoms with van der Waals surface area (Å²) in [5, 5.41) is 19.9. The van der Waals surface area contributed by atoms with E-state index in [0.29, 0.717) is 0 Å². The number of benzene rings is 2. The fraction of sp³-hybridized carbons (Fsp3) is 0.176. The Hall–Kier alpha value is -2.78. The molecule has 2 aromatic rings. The van der Waals surface area contributed by atoms with Crippen LogP contribution in [0.4, 0.5) is 5.69 Å². The highest BCUT2D eigenvalue weighted by molar-refractivity contribution is 5.89. The van der Waals surface area contributed by atoms with Crippen molar-refractivity contribution in [2.75, 3.05) is 19.0 Å². The van der Waals surface area contributed by atoms with Gasteiger partial charge in [-0.2, -0.15) is 10.5 Å². The van der Waals surface area contributed by atoms with E-state index in [0.717, 1.165) is 27.6 Å². The number of nitriles is 2. The second-order valence-corrected chi connectivity index (χ2v) is 4.77. The molecule has 0 N–H and O–H groups in total. The molecule has 0 heterocycles. The van der Waals surface area contributed by atoms with Crippen LogP contribution in [0.5, 0.6) is 0 Å². The molecule has 0 saturated heterocycles. The zero-order valence-electron chi connectivity index (χ0n) is 11.6. The molecule has 2 aromatic carbocycles. The molecule has 3 nitrogen and oxygen atoms in total. The number of hydrogen-bond donors (Lipinski definition) is 0. The lowest BCUT2D eigenvalue weighted by Gasteiger charge is -2.13. The average molecular weight is 261 g/mol. The minimum atomic E-state index is 0.245. The van der Waals surface area contributed by atoms with Gasteiger partial charge in [0.2, 0.25) is 0 Å². The number of hydrogen-bond acceptors (Lipinski definition) is 3. The van der Waals surface area contributed by atoms with E-state index in [1.165, 1.54) is 6.08 Å². The van der Waals surface area contributed by atoms with Crippen LogP contribution >= 0.6 is 0 Å². The van der Waals surface area contributed by atoms with Crippen molar-refractivity contribution < 1.29 is 0 Å². The highest BCUT2D eigenvalue weighted by Gasteiger charge is 2.04. The molecule has 0 fully saturated rings. The Morgan fingerprint density at radius 2 is 1.80 bits per heavy atom. The molecule has 0 aromatic heterocycles. The molecule has 3 heteroatoms. The Labute approximate surface area is 119 Å². The number of rotatable bonds is 3. The summed E-state index contributed by atoms with van der Waals surface area (Å²) in [5.74, 6) is 0. The third kappa shape index (κ3) is 2.79. The summed E-state index contributed by atoms with van der Waals surface area (Å²) in [7, 11) is 4.02. The predicted molar refractivity (Wildman–Crippen MR) is 82.1 cm³/mol. The van der Waals surface area contributed by atoms with Crippen molar-refractivity contribution in [1.29, 1.82) is 10.5 Å². The van der Waals surface area contributed by atoms with Gasteiger partial charge in [0.05, 0.1) is 18.6 Å². The van der Waals surface area contributed by atoms with Crippen molar-refractivity contribution >= 4 is 22.0 Å². The van der Waals surface area contributed by atoms with Gasteiger partial charge < -0.3 is 4.90 Å². The molecule has 0 spiro atoms.